The van der Waals surface area contributed by atoms with Crippen LogP contribution in [0.3, 0.4) is 0 Å². The average molecular weight is 529 g/mol. The molecule has 0 bridgehead atoms. The Labute approximate surface area is 221 Å². The summed E-state index contributed by atoms with van der Waals surface area (Å²) in [4.78, 5) is 69.9. The van der Waals surface area contributed by atoms with Gasteiger partial charge in [0.1, 0.15) is 5.75 Å². The first-order valence-electron chi connectivity index (χ1n) is 13.0. The molecule has 0 heterocycles. The van der Waals surface area contributed by atoms with Gasteiger partial charge in [0.05, 0.1) is 29.5 Å². The smallest absolute Gasteiger partial charge is 0.238 e. The van der Waals surface area contributed by atoms with Gasteiger partial charge in [-0.2, -0.15) is 0 Å². The minimum absolute atomic E-state index is 0.0945. The van der Waals surface area contributed by atoms with E-state index in [2.05, 4.69) is 5.32 Å². The summed E-state index contributed by atoms with van der Waals surface area (Å²) in [7, 11) is 3.00. The molecule has 1 aromatic rings. The summed E-state index contributed by atoms with van der Waals surface area (Å²) >= 11 is 0. The number of fused-ring (bicyclic) bond motifs is 3. The molecule has 0 saturated heterocycles. The van der Waals surface area contributed by atoms with Crippen LogP contribution in [0.5, 0.6) is 5.75 Å². The Morgan fingerprint density at radius 1 is 1.13 bits per heavy atom. The van der Waals surface area contributed by atoms with Crippen LogP contribution in [0.15, 0.2) is 18.2 Å². The first-order valence-corrected chi connectivity index (χ1v) is 13.0. The number of carbonyl (C=O) groups is 5. The van der Waals surface area contributed by atoms with E-state index in [1.54, 1.807) is 32.9 Å². The second kappa shape index (κ2) is 9.36. The number of nitrogens with one attached hydrogen (secondary N) is 1. The molecule has 1 aromatic carbocycles. The van der Waals surface area contributed by atoms with Crippen molar-refractivity contribution in [2.24, 2.45) is 23.7 Å². The predicted molar refractivity (Wildman–Crippen MR) is 135 cm³/mol. The Kier molecular flexibility index (Phi) is 6.91. The zero-order valence-electron chi connectivity index (χ0n) is 22.5. The Bertz CT molecular complexity index is 1220. The number of hydrogen-bond acceptors (Lipinski definition) is 9. The fourth-order valence-corrected chi connectivity index (χ4v) is 7.02. The maximum Gasteiger partial charge on any atom is 0.238 e. The molecule has 4 unspecified atom stereocenters. The second-order valence-corrected chi connectivity index (χ2v) is 11.8. The molecule has 206 valence electrons. The average Bonchev–Trinajstić information content (AvgIpc) is 2.80. The van der Waals surface area contributed by atoms with Gasteiger partial charge in [0.25, 0.3) is 0 Å². The van der Waals surface area contributed by atoms with Crippen molar-refractivity contribution in [2.45, 2.75) is 69.7 Å². The summed E-state index contributed by atoms with van der Waals surface area (Å²) in [5.74, 6) is -12.3. The lowest BCUT2D eigenvalue weighted by Crippen LogP contribution is -2.78. The third kappa shape index (κ3) is 3.84. The maximum atomic E-state index is 14.0. The van der Waals surface area contributed by atoms with Gasteiger partial charge in [0.2, 0.25) is 5.91 Å². The minimum Gasteiger partial charge on any atom is -0.507 e. The molecule has 10 nitrogen and oxygen atoms in total. The Hall–Kier alpha value is -2.95. The van der Waals surface area contributed by atoms with E-state index >= 15 is 0 Å². The van der Waals surface area contributed by atoms with Gasteiger partial charge in [-0.25, -0.2) is 0 Å². The zero-order chi connectivity index (χ0) is 28.5. The van der Waals surface area contributed by atoms with Crippen LogP contribution in [0.25, 0.3) is 0 Å². The highest BCUT2D eigenvalue weighted by Crippen LogP contribution is 2.54. The number of ketones is 4. The number of Topliss-reactive ketones (excluding diaryl/α,β-unsaturated/α-hetero) is 4. The molecule has 3 aliphatic rings. The van der Waals surface area contributed by atoms with Gasteiger partial charge in [-0.05, 0) is 51.9 Å². The number of rotatable bonds is 5. The first kappa shape index (κ1) is 28.1. The summed E-state index contributed by atoms with van der Waals surface area (Å²) in [6.45, 7) is 7.07. The van der Waals surface area contributed by atoms with Gasteiger partial charge in [0.15, 0.2) is 34.7 Å². The highest BCUT2D eigenvalue weighted by atomic mass is 16.3. The van der Waals surface area contributed by atoms with Crippen molar-refractivity contribution in [2.75, 3.05) is 14.1 Å². The molecule has 38 heavy (non-hydrogen) atoms. The summed E-state index contributed by atoms with van der Waals surface area (Å²) in [5.41, 5.74) is -3.39. The predicted octanol–water partition coefficient (Wildman–Crippen LogP) is 0.608. The summed E-state index contributed by atoms with van der Waals surface area (Å²) in [6, 6.07) is 3.11. The van der Waals surface area contributed by atoms with Crippen LogP contribution in [0, 0.1) is 23.7 Å². The Morgan fingerprint density at radius 2 is 1.76 bits per heavy atom. The lowest BCUT2D eigenvalue weighted by atomic mass is 9.49. The lowest BCUT2D eigenvalue weighted by molar-refractivity contribution is -0.197. The Balaban J connectivity index is 1.86. The molecule has 3 aliphatic carbocycles. The number of hydrogen-bond donors (Lipinski definition) is 4. The SMILES string of the molecule is CCCC(C)(C)NC(=O)C1C(=O)[C@@H](N(C)C)C2[C@@H](O)C3C(C(=O)c4c(O)cccc4[C@@H]3C)C(=O)[C@]2(O)C1=O. The number of amides is 1. The number of benzene rings is 1. The molecule has 0 radical (unpaired) electrons. The minimum atomic E-state index is -2.96. The van der Waals surface area contributed by atoms with Gasteiger partial charge in [-0.1, -0.05) is 32.4 Å². The number of phenolic OH excluding ortho intramolecular Hbond substituents is 1. The molecular formula is C28H36N2O8. The number of likely N-dealkylation sites (N-methyl/N-ethyl adjacent to an activating group) is 1. The number of aliphatic hydroxyl groups is 2. The highest BCUT2D eigenvalue weighted by Gasteiger charge is 2.73. The molecule has 10 heteroatoms. The van der Waals surface area contributed by atoms with Crippen molar-refractivity contribution in [3.8, 4) is 5.75 Å². The van der Waals surface area contributed by atoms with E-state index in [0.29, 0.717) is 18.4 Å². The summed E-state index contributed by atoms with van der Waals surface area (Å²) in [6.07, 6.45) is -0.346. The number of aliphatic hydroxyl groups excluding tert-OH is 1. The second-order valence-electron chi connectivity index (χ2n) is 11.8. The molecule has 8 atom stereocenters. The molecule has 0 aromatic heterocycles. The fourth-order valence-electron chi connectivity index (χ4n) is 7.02. The van der Waals surface area contributed by atoms with E-state index in [0.717, 1.165) is 0 Å². The van der Waals surface area contributed by atoms with Crippen LogP contribution in [-0.2, 0) is 19.2 Å². The summed E-state index contributed by atoms with van der Waals surface area (Å²) < 4.78 is 0. The number of nitrogens with zero attached hydrogens (tertiary/aromatic N) is 1. The lowest BCUT2D eigenvalue weighted by Gasteiger charge is -2.56. The van der Waals surface area contributed by atoms with E-state index in [9.17, 15) is 39.3 Å². The molecular weight excluding hydrogens is 492 g/mol. The van der Waals surface area contributed by atoms with Crippen molar-refractivity contribution < 1.29 is 39.3 Å². The van der Waals surface area contributed by atoms with E-state index in [1.165, 1.54) is 25.1 Å². The van der Waals surface area contributed by atoms with Crippen molar-refractivity contribution in [1.82, 2.24) is 10.2 Å². The molecule has 2 fully saturated rings. The monoisotopic (exact) mass is 528 g/mol. The molecule has 2 saturated carbocycles. The van der Waals surface area contributed by atoms with Gasteiger partial charge >= 0.3 is 0 Å². The third-order valence-corrected chi connectivity index (χ3v) is 8.67. The van der Waals surface area contributed by atoms with Crippen LogP contribution >= 0.6 is 0 Å². The molecule has 4 N–H and O–H groups in total. The fraction of sp³-hybridized carbons (Fsp3) is 0.607. The topological polar surface area (TPSA) is 161 Å². The maximum absolute atomic E-state index is 14.0. The number of phenols is 1. The van der Waals surface area contributed by atoms with Crippen molar-refractivity contribution in [3.63, 3.8) is 0 Å². The van der Waals surface area contributed by atoms with Crippen molar-refractivity contribution in [3.05, 3.63) is 29.3 Å². The molecule has 4 rings (SSSR count). The van der Waals surface area contributed by atoms with Crippen LogP contribution in [-0.4, -0.2) is 86.6 Å². The molecule has 1 amide bonds. The van der Waals surface area contributed by atoms with E-state index in [1.807, 2.05) is 6.92 Å². The van der Waals surface area contributed by atoms with Gasteiger partial charge in [-0.3, -0.25) is 28.9 Å². The number of carbonyl (C=O) groups excluding carboxylic acids is 5. The van der Waals surface area contributed by atoms with E-state index < -0.39 is 81.9 Å². The zero-order valence-corrected chi connectivity index (χ0v) is 22.5. The van der Waals surface area contributed by atoms with Crippen molar-refractivity contribution >= 4 is 29.0 Å². The van der Waals surface area contributed by atoms with Gasteiger partial charge in [0, 0.05) is 11.5 Å². The normalized spacial score (nSPS) is 35.0. The van der Waals surface area contributed by atoms with E-state index in [4.69, 9.17) is 0 Å². The molecule has 0 spiro atoms. The summed E-state index contributed by atoms with van der Waals surface area (Å²) in [5, 5.41) is 36.6. The van der Waals surface area contributed by atoms with Gasteiger partial charge in [-0.15, -0.1) is 0 Å². The van der Waals surface area contributed by atoms with Crippen LogP contribution in [0.2, 0.25) is 0 Å². The standard InChI is InChI=1S/C28H36N2O8/c1-7-11-27(3,4)29-26(37)18-23(34)20(30(5)6)19-22(33)15-12(2)13-9-8-10-14(31)16(13)21(32)17(15)24(35)28(19,38)25(18)36/h8-10,12,15,17-20,22,31,33,38H,7,11H2,1-6H3,(H,29,37)/t12-,15?,17?,18?,19?,20-,22-,28-/m0/s1. The first-order chi connectivity index (χ1) is 17.6. The van der Waals surface area contributed by atoms with Crippen LogP contribution < -0.4 is 5.32 Å². The Morgan fingerprint density at radius 3 is 2.34 bits per heavy atom. The third-order valence-electron chi connectivity index (χ3n) is 8.67. The van der Waals surface area contributed by atoms with Crippen molar-refractivity contribution in [1.29, 1.82) is 0 Å². The quantitative estimate of drug-likeness (QED) is 0.401. The van der Waals surface area contributed by atoms with Gasteiger partial charge < -0.3 is 20.6 Å². The van der Waals surface area contributed by atoms with Crippen LogP contribution in [0.4, 0.5) is 0 Å². The number of aromatic hydroxyl groups is 1. The largest absolute Gasteiger partial charge is 0.507 e. The highest BCUT2D eigenvalue weighted by molar-refractivity contribution is 6.32. The van der Waals surface area contributed by atoms with Crippen LogP contribution in [0.1, 0.15) is 62.4 Å². The molecule has 0 aliphatic heterocycles. The van der Waals surface area contributed by atoms with E-state index in [-0.39, 0.29) is 11.3 Å².